The van der Waals surface area contributed by atoms with Gasteiger partial charge in [0.1, 0.15) is 0 Å². The lowest BCUT2D eigenvalue weighted by Gasteiger charge is -2.10. The van der Waals surface area contributed by atoms with Crippen LogP contribution in [0.15, 0.2) is 18.2 Å². The zero-order valence-electron chi connectivity index (χ0n) is 8.91. The van der Waals surface area contributed by atoms with Gasteiger partial charge in [-0.15, -0.1) is 0 Å². The summed E-state index contributed by atoms with van der Waals surface area (Å²) in [7, 11) is 2.96. The summed E-state index contributed by atoms with van der Waals surface area (Å²) >= 11 is 0. The molecule has 1 aromatic rings. The minimum atomic E-state index is -1.61. The third-order valence-corrected chi connectivity index (χ3v) is 2.06. The van der Waals surface area contributed by atoms with E-state index in [1.54, 1.807) is 6.07 Å². The summed E-state index contributed by atoms with van der Waals surface area (Å²) < 4.78 is 23.4. The molecule has 0 aromatic heterocycles. The van der Waals surface area contributed by atoms with Crippen molar-refractivity contribution in [3.63, 3.8) is 0 Å². The van der Waals surface area contributed by atoms with Gasteiger partial charge in [0, 0.05) is 0 Å². The van der Waals surface area contributed by atoms with Gasteiger partial charge in [-0.2, -0.15) is 0 Å². The fourth-order valence-corrected chi connectivity index (χ4v) is 1.25. The molecule has 1 unspecified atom stereocenters. The smallest absolute Gasteiger partial charge is 0.183 e. The van der Waals surface area contributed by atoms with Crippen molar-refractivity contribution >= 4 is 5.78 Å². The van der Waals surface area contributed by atoms with E-state index in [0.29, 0.717) is 11.5 Å². The lowest BCUT2D eigenvalue weighted by Crippen LogP contribution is -2.03. The van der Waals surface area contributed by atoms with Crippen LogP contribution in [0, 0.1) is 0 Å². The highest BCUT2D eigenvalue weighted by molar-refractivity contribution is 5.81. The molecule has 4 heteroatoms. The summed E-state index contributed by atoms with van der Waals surface area (Å²) in [5.74, 6) is 0.401. The number of hydrogen-bond acceptors (Lipinski definition) is 3. The van der Waals surface area contributed by atoms with E-state index in [1.807, 2.05) is 0 Å². The first-order valence-corrected chi connectivity index (χ1v) is 4.46. The molecule has 0 heterocycles. The first-order chi connectivity index (χ1) is 7.10. The maximum atomic E-state index is 13.4. The Kier molecular flexibility index (Phi) is 3.66. The van der Waals surface area contributed by atoms with Crippen LogP contribution in [0.3, 0.4) is 0 Å². The normalized spacial score (nSPS) is 12.0. The Labute approximate surface area is 87.8 Å². The summed E-state index contributed by atoms with van der Waals surface area (Å²) in [6.07, 6.45) is -1.61. The van der Waals surface area contributed by atoms with Crippen molar-refractivity contribution in [2.75, 3.05) is 14.2 Å². The average molecular weight is 212 g/mol. The minimum Gasteiger partial charge on any atom is -0.493 e. The van der Waals surface area contributed by atoms with Crippen LogP contribution in [-0.2, 0) is 4.79 Å². The van der Waals surface area contributed by atoms with Gasteiger partial charge in [0.25, 0.3) is 0 Å². The van der Waals surface area contributed by atoms with Crippen LogP contribution < -0.4 is 9.47 Å². The number of ether oxygens (including phenoxy) is 2. The first kappa shape index (κ1) is 11.5. The van der Waals surface area contributed by atoms with E-state index >= 15 is 0 Å². The molecule has 0 aliphatic rings. The molecular weight excluding hydrogens is 199 g/mol. The second kappa shape index (κ2) is 4.77. The number of rotatable bonds is 4. The SMILES string of the molecule is COc1ccc(C(F)C(C)=O)cc1OC. The van der Waals surface area contributed by atoms with E-state index in [9.17, 15) is 9.18 Å². The second-order valence-electron chi connectivity index (χ2n) is 3.09. The molecule has 0 fully saturated rings. The second-order valence-corrected chi connectivity index (χ2v) is 3.09. The van der Waals surface area contributed by atoms with E-state index in [0.717, 1.165) is 0 Å². The lowest BCUT2D eigenvalue weighted by atomic mass is 10.1. The molecular formula is C11H13FO3. The van der Waals surface area contributed by atoms with E-state index in [2.05, 4.69) is 0 Å². The van der Waals surface area contributed by atoms with Crippen LogP contribution >= 0.6 is 0 Å². The summed E-state index contributed by atoms with van der Waals surface area (Å²) in [5, 5.41) is 0. The van der Waals surface area contributed by atoms with Gasteiger partial charge in [-0.1, -0.05) is 6.07 Å². The average Bonchev–Trinajstić information content (AvgIpc) is 2.26. The van der Waals surface area contributed by atoms with E-state index in [4.69, 9.17) is 9.47 Å². The van der Waals surface area contributed by atoms with Crippen LogP contribution in [0.1, 0.15) is 18.7 Å². The van der Waals surface area contributed by atoms with Gasteiger partial charge in [0.15, 0.2) is 23.5 Å². The molecule has 0 N–H and O–H groups in total. The van der Waals surface area contributed by atoms with Crippen molar-refractivity contribution < 1.29 is 18.7 Å². The highest BCUT2D eigenvalue weighted by Crippen LogP contribution is 2.31. The number of carbonyl (C=O) groups excluding carboxylic acids is 1. The van der Waals surface area contributed by atoms with Gasteiger partial charge < -0.3 is 9.47 Å². The van der Waals surface area contributed by atoms with Crippen LogP contribution in [0.25, 0.3) is 0 Å². The van der Waals surface area contributed by atoms with Crippen LogP contribution in [-0.4, -0.2) is 20.0 Å². The molecule has 3 nitrogen and oxygen atoms in total. The molecule has 82 valence electrons. The number of benzene rings is 1. The number of Topliss-reactive ketones (excluding diaryl/α,β-unsaturated/α-hetero) is 1. The maximum Gasteiger partial charge on any atom is 0.183 e. The number of alkyl halides is 1. The van der Waals surface area contributed by atoms with Crippen molar-refractivity contribution in [1.82, 2.24) is 0 Å². The summed E-state index contributed by atoms with van der Waals surface area (Å²) in [6.45, 7) is 1.21. The van der Waals surface area contributed by atoms with Crippen LogP contribution in [0.5, 0.6) is 11.5 Å². The Morgan fingerprint density at radius 1 is 1.27 bits per heavy atom. The Balaban J connectivity index is 3.07. The van der Waals surface area contributed by atoms with Gasteiger partial charge in [-0.25, -0.2) is 4.39 Å². The van der Waals surface area contributed by atoms with Gasteiger partial charge in [-0.05, 0) is 24.6 Å². The Morgan fingerprint density at radius 3 is 2.33 bits per heavy atom. The molecule has 1 rings (SSSR count). The standard InChI is InChI=1S/C11H13FO3/c1-7(13)11(12)8-4-5-9(14-2)10(6-8)15-3/h4-6,11H,1-3H3. The zero-order valence-corrected chi connectivity index (χ0v) is 8.91. The molecule has 0 radical (unpaired) electrons. The molecule has 0 spiro atoms. The summed E-state index contributed by atoms with van der Waals surface area (Å²) in [5.41, 5.74) is 0.278. The molecule has 15 heavy (non-hydrogen) atoms. The van der Waals surface area contributed by atoms with Gasteiger partial charge in [0.2, 0.25) is 0 Å². The Bertz CT molecular complexity index is 363. The van der Waals surface area contributed by atoms with E-state index < -0.39 is 12.0 Å². The third-order valence-electron chi connectivity index (χ3n) is 2.06. The molecule has 0 aliphatic heterocycles. The van der Waals surface area contributed by atoms with Crippen molar-refractivity contribution in [2.45, 2.75) is 13.1 Å². The van der Waals surface area contributed by atoms with Crippen molar-refractivity contribution in [2.24, 2.45) is 0 Å². The number of carbonyl (C=O) groups is 1. The third kappa shape index (κ3) is 2.46. The highest BCUT2D eigenvalue weighted by Gasteiger charge is 2.17. The van der Waals surface area contributed by atoms with Crippen LogP contribution in [0.4, 0.5) is 4.39 Å². The Morgan fingerprint density at radius 2 is 1.87 bits per heavy atom. The molecule has 0 saturated carbocycles. The molecule has 0 aliphatic carbocycles. The molecule has 1 aromatic carbocycles. The summed E-state index contributed by atoms with van der Waals surface area (Å²) in [4.78, 5) is 10.9. The topological polar surface area (TPSA) is 35.5 Å². The first-order valence-electron chi connectivity index (χ1n) is 4.46. The van der Waals surface area contributed by atoms with Crippen molar-refractivity contribution in [3.8, 4) is 11.5 Å². The fraction of sp³-hybridized carbons (Fsp3) is 0.364. The Hall–Kier alpha value is -1.58. The quantitative estimate of drug-likeness (QED) is 0.768. The monoisotopic (exact) mass is 212 g/mol. The molecule has 1 atom stereocenters. The highest BCUT2D eigenvalue weighted by atomic mass is 19.1. The molecule has 0 bridgehead atoms. The zero-order chi connectivity index (χ0) is 11.4. The predicted molar refractivity (Wildman–Crippen MR) is 54.1 cm³/mol. The van der Waals surface area contributed by atoms with Crippen molar-refractivity contribution in [3.05, 3.63) is 23.8 Å². The fourth-order valence-electron chi connectivity index (χ4n) is 1.25. The van der Waals surface area contributed by atoms with Crippen LogP contribution in [0.2, 0.25) is 0 Å². The lowest BCUT2D eigenvalue weighted by molar-refractivity contribution is -0.121. The van der Waals surface area contributed by atoms with Gasteiger partial charge in [0.05, 0.1) is 14.2 Å². The number of hydrogen-bond donors (Lipinski definition) is 0. The molecule has 0 amide bonds. The molecule has 0 saturated heterocycles. The largest absolute Gasteiger partial charge is 0.493 e. The van der Waals surface area contributed by atoms with Crippen molar-refractivity contribution in [1.29, 1.82) is 0 Å². The maximum absolute atomic E-state index is 13.4. The predicted octanol–water partition coefficient (Wildman–Crippen LogP) is 2.30. The van der Waals surface area contributed by atoms with Gasteiger partial charge >= 0.3 is 0 Å². The number of methoxy groups -OCH3 is 2. The van der Waals surface area contributed by atoms with Gasteiger partial charge in [-0.3, -0.25) is 4.79 Å². The number of halogens is 1. The minimum absolute atomic E-state index is 0.278. The number of ketones is 1. The van der Waals surface area contributed by atoms with E-state index in [1.165, 1.54) is 33.3 Å². The van der Waals surface area contributed by atoms with E-state index in [-0.39, 0.29) is 5.56 Å². The summed E-state index contributed by atoms with van der Waals surface area (Å²) in [6, 6.07) is 4.54.